The van der Waals surface area contributed by atoms with Crippen LogP contribution in [-0.4, -0.2) is 35.7 Å². The van der Waals surface area contributed by atoms with Crippen molar-refractivity contribution in [2.75, 3.05) is 29.9 Å². The summed E-state index contributed by atoms with van der Waals surface area (Å²) in [6.45, 7) is 6.26. The van der Waals surface area contributed by atoms with Crippen molar-refractivity contribution in [1.29, 1.82) is 0 Å². The van der Waals surface area contributed by atoms with E-state index >= 15 is 0 Å². The van der Waals surface area contributed by atoms with Crippen LogP contribution in [-0.2, 0) is 4.79 Å². The summed E-state index contributed by atoms with van der Waals surface area (Å²) in [5.41, 5.74) is 0.795. The first kappa shape index (κ1) is 17.7. The van der Waals surface area contributed by atoms with Crippen molar-refractivity contribution in [3.8, 4) is 0 Å². The van der Waals surface area contributed by atoms with Crippen LogP contribution in [0.2, 0.25) is 0 Å². The van der Waals surface area contributed by atoms with Gasteiger partial charge in [0.15, 0.2) is 5.82 Å². The Kier molecular flexibility index (Phi) is 6.84. The van der Waals surface area contributed by atoms with Crippen LogP contribution < -0.4 is 10.2 Å². The molecule has 1 fully saturated rings. The molecule has 1 aromatic rings. The second-order valence-corrected chi connectivity index (χ2v) is 6.63. The maximum atomic E-state index is 12.2. The predicted octanol–water partition coefficient (Wildman–Crippen LogP) is 3.06. The van der Waals surface area contributed by atoms with Crippen LogP contribution in [0.4, 0.5) is 11.5 Å². The second kappa shape index (κ2) is 8.87. The normalized spacial score (nSPS) is 17.1. The molecule has 128 valence electrons. The molecule has 23 heavy (non-hydrogen) atoms. The van der Waals surface area contributed by atoms with Crippen molar-refractivity contribution in [3.05, 3.63) is 18.3 Å². The lowest BCUT2D eigenvalue weighted by atomic mass is 9.98. The lowest BCUT2D eigenvalue weighted by Crippen LogP contribution is -2.36. The van der Waals surface area contributed by atoms with Crippen LogP contribution >= 0.6 is 0 Å². The highest BCUT2D eigenvalue weighted by Crippen LogP contribution is 2.28. The van der Waals surface area contributed by atoms with Gasteiger partial charge in [0.25, 0.3) is 0 Å². The fraction of sp³-hybridized carbons (Fsp3) is 0.667. The molecule has 0 aromatic carbocycles. The lowest BCUT2D eigenvalue weighted by Gasteiger charge is -2.33. The molecule has 0 bridgehead atoms. The van der Waals surface area contributed by atoms with Gasteiger partial charge in [-0.2, -0.15) is 0 Å². The summed E-state index contributed by atoms with van der Waals surface area (Å²) in [5.74, 6) is 1.70. The minimum absolute atomic E-state index is 0.0606. The van der Waals surface area contributed by atoms with Gasteiger partial charge in [0.1, 0.15) is 0 Å². The molecule has 2 rings (SSSR count). The van der Waals surface area contributed by atoms with E-state index in [0.29, 0.717) is 18.3 Å². The maximum absolute atomic E-state index is 12.2. The number of rotatable bonds is 7. The van der Waals surface area contributed by atoms with Crippen LogP contribution in [0, 0.1) is 11.8 Å². The SMILES string of the molecule is CCCC(C)CC(=O)Nc1cccnc1N1CCC(CO)CC1. The van der Waals surface area contributed by atoms with E-state index in [1.807, 2.05) is 12.1 Å². The minimum atomic E-state index is 0.0606. The largest absolute Gasteiger partial charge is 0.396 e. The molecule has 5 nitrogen and oxygen atoms in total. The second-order valence-electron chi connectivity index (χ2n) is 6.63. The Hall–Kier alpha value is -1.62. The number of nitrogens with one attached hydrogen (secondary N) is 1. The number of piperidine rings is 1. The first-order valence-electron chi connectivity index (χ1n) is 8.74. The van der Waals surface area contributed by atoms with Crippen molar-refractivity contribution in [3.63, 3.8) is 0 Å². The van der Waals surface area contributed by atoms with Gasteiger partial charge < -0.3 is 15.3 Å². The molecular weight excluding hydrogens is 290 g/mol. The Bertz CT molecular complexity index is 499. The van der Waals surface area contributed by atoms with E-state index in [-0.39, 0.29) is 12.5 Å². The van der Waals surface area contributed by atoms with Gasteiger partial charge >= 0.3 is 0 Å². The predicted molar refractivity (Wildman–Crippen MR) is 93.6 cm³/mol. The number of aliphatic hydroxyl groups is 1. The topological polar surface area (TPSA) is 65.5 Å². The molecule has 1 aromatic heterocycles. The molecule has 2 heterocycles. The molecule has 0 radical (unpaired) electrons. The minimum Gasteiger partial charge on any atom is -0.396 e. The zero-order valence-corrected chi connectivity index (χ0v) is 14.3. The Morgan fingerprint density at radius 3 is 2.87 bits per heavy atom. The maximum Gasteiger partial charge on any atom is 0.224 e. The Morgan fingerprint density at radius 1 is 1.48 bits per heavy atom. The average Bonchev–Trinajstić information content (AvgIpc) is 2.55. The molecule has 1 aliphatic rings. The molecule has 1 amide bonds. The highest BCUT2D eigenvalue weighted by Gasteiger charge is 2.22. The highest BCUT2D eigenvalue weighted by atomic mass is 16.3. The number of nitrogens with zero attached hydrogens (tertiary/aromatic N) is 2. The number of amides is 1. The van der Waals surface area contributed by atoms with Crippen LogP contribution in [0.1, 0.15) is 46.0 Å². The van der Waals surface area contributed by atoms with E-state index in [1.54, 1.807) is 6.20 Å². The number of aliphatic hydroxyl groups excluding tert-OH is 1. The summed E-state index contributed by atoms with van der Waals surface area (Å²) >= 11 is 0. The van der Waals surface area contributed by atoms with E-state index in [9.17, 15) is 9.90 Å². The van der Waals surface area contributed by atoms with E-state index in [4.69, 9.17) is 0 Å². The fourth-order valence-electron chi connectivity index (χ4n) is 3.19. The molecule has 1 atom stereocenters. The molecule has 2 N–H and O–H groups in total. The summed E-state index contributed by atoms with van der Waals surface area (Å²) < 4.78 is 0. The Morgan fingerprint density at radius 2 is 2.22 bits per heavy atom. The van der Waals surface area contributed by atoms with Gasteiger partial charge in [-0.1, -0.05) is 26.7 Å². The third-order valence-corrected chi connectivity index (χ3v) is 4.55. The van der Waals surface area contributed by atoms with Crippen molar-refractivity contribution in [2.24, 2.45) is 11.8 Å². The fourth-order valence-corrected chi connectivity index (χ4v) is 3.19. The zero-order chi connectivity index (χ0) is 16.7. The van der Waals surface area contributed by atoms with Crippen molar-refractivity contribution in [2.45, 2.75) is 46.0 Å². The third kappa shape index (κ3) is 5.20. The molecule has 0 aliphatic carbocycles. The quantitative estimate of drug-likeness (QED) is 0.810. The summed E-state index contributed by atoms with van der Waals surface area (Å²) in [5, 5.41) is 12.3. The smallest absolute Gasteiger partial charge is 0.224 e. The molecular formula is C18H29N3O2. The third-order valence-electron chi connectivity index (χ3n) is 4.55. The summed E-state index contributed by atoms with van der Waals surface area (Å²) in [6.07, 6.45) is 6.42. The van der Waals surface area contributed by atoms with E-state index in [0.717, 1.165) is 50.3 Å². The van der Waals surface area contributed by atoms with E-state index in [2.05, 4.69) is 29.0 Å². The summed E-state index contributed by atoms with van der Waals surface area (Å²) in [6, 6.07) is 3.78. The van der Waals surface area contributed by atoms with Crippen molar-refractivity contribution < 1.29 is 9.90 Å². The molecule has 1 saturated heterocycles. The number of carbonyl (C=O) groups excluding carboxylic acids is 1. The van der Waals surface area contributed by atoms with Gasteiger partial charge in [-0.25, -0.2) is 4.98 Å². The Labute approximate surface area is 139 Å². The first-order chi connectivity index (χ1) is 11.1. The molecule has 1 unspecified atom stereocenters. The average molecular weight is 319 g/mol. The number of aromatic nitrogens is 1. The van der Waals surface area contributed by atoms with Gasteiger partial charge in [-0.15, -0.1) is 0 Å². The van der Waals surface area contributed by atoms with Crippen LogP contribution in [0.5, 0.6) is 0 Å². The van der Waals surface area contributed by atoms with Gasteiger partial charge in [-0.3, -0.25) is 4.79 Å². The highest BCUT2D eigenvalue weighted by molar-refractivity contribution is 5.93. The van der Waals surface area contributed by atoms with Crippen LogP contribution in [0.25, 0.3) is 0 Å². The van der Waals surface area contributed by atoms with Gasteiger partial charge in [-0.05, 0) is 36.8 Å². The van der Waals surface area contributed by atoms with Crippen LogP contribution in [0.3, 0.4) is 0 Å². The van der Waals surface area contributed by atoms with E-state index in [1.165, 1.54) is 0 Å². The number of anilines is 2. The first-order valence-corrected chi connectivity index (χ1v) is 8.74. The number of hydrogen-bond donors (Lipinski definition) is 2. The van der Waals surface area contributed by atoms with Gasteiger partial charge in [0.05, 0.1) is 5.69 Å². The summed E-state index contributed by atoms with van der Waals surface area (Å²) in [7, 11) is 0. The number of pyridine rings is 1. The standard InChI is InChI=1S/C18H29N3O2/c1-3-5-14(2)12-17(23)20-16-6-4-9-19-18(16)21-10-7-15(13-22)8-11-21/h4,6,9,14-15,22H,3,5,7-8,10-13H2,1-2H3,(H,20,23). The lowest BCUT2D eigenvalue weighted by molar-refractivity contribution is -0.117. The molecule has 0 saturated carbocycles. The van der Waals surface area contributed by atoms with Crippen LogP contribution in [0.15, 0.2) is 18.3 Å². The van der Waals surface area contributed by atoms with E-state index < -0.39 is 0 Å². The summed E-state index contributed by atoms with van der Waals surface area (Å²) in [4.78, 5) is 18.9. The Balaban J connectivity index is 1.99. The molecule has 1 aliphatic heterocycles. The monoisotopic (exact) mass is 319 g/mol. The zero-order valence-electron chi connectivity index (χ0n) is 14.3. The van der Waals surface area contributed by atoms with Crippen molar-refractivity contribution in [1.82, 2.24) is 4.98 Å². The van der Waals surface area contributed by atoms with Gasteiger partial charge in [0.2, 0.25) is 5.91 Å². The molecule has 0 spiro atoms. The molecule has 5 heteroatoms. The number of hydrogen-bond acceptors (Lipinski definition) is 4. The van der Waals surface area contributed by atoms with Crippen molar-refractivity contribution >= 4 is 17.4 Å². The number of carbonyl (C=O) groups is 1. The van der Waals surface area contributed by atoms with Gasteiger partial charge in [0, 0.05) is 32.3 Å².